The number of carboxylic acids is 1. The molecule has 0 fully saturated rings. The number of rotatable bonds is 4. The summed E-state index contributed by atoms with van der Waals surface area (Å²) in [5, 5.41) is 11.0. The minimum atomic E-state index is -4.60. The lowest BCUT2D eigenvalue weighted by atomic mass is 10.0. The Balaban J connectivity index is 3.17. The van der Waals surface area contributed by atoms with E-state index in [0.29, 0.717) is 12.5 Å². The van der Waals surface area contributed by atoms with E-state index in [9.17, 15) is 22.8 Å². The fourth-order valence-electron chi connectivity index (χ4n) is 1.26. The van der Waals surface area contributed by atoms with Gasteiger partial charge in [0.25, 0.3) is 0 Å². The van der Waals surface area contributed by atoms with Gasteiger partial charge in [0.15, 0.2) is 0 Å². The standard InChI is InChI=1S/C10H8F3NO3/c11-10(12,13)7-2-1-6(4-14-5-15)8(3-7)9(16)17/h1-3,5H,4H2,(H,14,15)(H,16,17). The molecule has 0 unspecified atom stereocenters. The zero-order valence-electron chi connectivity index (χ0n) is 8.41. The van der Waals surface area contributed by atoms with Crippen molar-refractivity contribution < 1.29 is 27.9 Å². The lowest BCUT2D eigenvalue weighted by Crippen LogP contribution is -2.15. The maximum absolute atomic E-state index is 12.4. The van der Waals surface area contributed by atoms with Crippen LogP contribution < -0.4 is 5.32 Å². The fourth-order valence-corrected chi connectivity index (χ4v) is 1.26. The molecule has 0 aromatic heterocycles. The quantitative estimate of drug-likeness (QED) is 0.795. The van der Waals surface area contributed by atoms with Crippen molar-refractivity contribution in [3.63, 3.8) is 0 Å². The summed E-state index contributed by atoms with van der Waals surface area (Å²) in [6.07, 6.45) is -4.26. The Morgan fingerprint density at radius 3 is 2.53 bits per heavy atom. The number of carboxylic acid groups (broad SMARTS) is 1. The van der Waals surface area contributed by atoms with Crippen LogP contribution in [0.5, 0.6) is 0 Å². The summed E-state index contributed by atoms with van der Waals surface area (Å²) in [7, 11) is 0. The van der Waals surface area contributed by atoms with Crippen LogP contribution in [0.1, 0.15) is 21.5 Å². The summed E-state index contributed by atoms with van der Waals surface area (Å²) in [4.78, 5) is 20.8. The first-order chi connectivity index (χ1) is 7.86. The van der Waals surface area contributed by atoms with Crippen molar-refractivity contribution in [3.8, 4) is 0 Å². The van der Waals surface area contributed by atoms with E-state index < -0.39 is 23.3 Å². The van der Waals surface area contributed by atoms with Gasteiger partial charge in [-0.2, -0.15) is 13.2 Å². The average molecular weight is 247 g/mol. The second-order valence-electron chi connectivity index (χ2n) is 3.17. The highest BCUT2D eigenvalue weighted by molar-refractivity contribution is 5.89. The topological polar surface area (TPSA) is 66.4 Å². The zero-order valence-corrected chi connectivity index (χ0v) is 8.41. The first kappa shape index (κ1) is 13.0. The zero-order chi connectivity index (χ0) is 13.1. The number of carbonyl (C=O) groups excluding carboxylic acids is 1. The Morgan fingerprint density at radius 2 is 2.06 bits per heavy atom. The highest BCUT2D eigenvalue weighted by Crippen LogP contribution is 2.30. The van der Waals surface area contributed by atoms with Gasteiger partial charge in [-0.1, -0.05) is 6.07 Å². The van der Waals surface area contributed by atoms with E-state index in [-0.39, 0.29) is 12.1 Å². The van der Waals surface area contributed by atoms with Crippen molar-refractivity contribution in [2.45, 2.75) is 12.7 Å². The van der Waals surface area contributed by atoms with Crippen molar-refractivity contribution in [1.29, 1.82) is 0 Å². The predicted octanol–water partition coefficient (Wildman–Crippen LogP) is 1.65. The molecule has 2 N–H and O–H groups in total. The summed E-state index contributed by atoms with van der Waals surface area (Å²) in [5.41, 5.74) is -1.41. The third-order valence-electron chi connectivity index (χ3n) is 2.04. The molecule has 0 spiro atoms. The van der Waals surface area contributed by atoms with Crippen molar-refractivity contribution in [2.75, 3.05) is 0 Å². The van der Waals surface area contributed by atoms with Crippen LogP contribution in [-0.2, 0) is 17.5 Å². The van der Waals surface area contributed by atoms with Gasteiger partial charge in [-0.05, 0) is 17.7 Å². The van der Waals surface area contributed by atoms with Crippen LogP contribution in [0.2, 0.25) is 0 Å². The van der Waals surface area contributed by atoms with Gasteiger partial charge in [0.2, 0.25) is 6.41 Å². The molecule has 0 aliphatic carbocycles. The van der Waals surface area contributed by atoms with Gasteiger partial charge in [-0.3, -0.25) is 4.79 Å². The largest absolute Gasteiger partial charge is 0.478 e. The molecule has 17 heavy (non-hydrogen) atoms. The Labute approximate surface area is 94.1 Å². The van der Waals surface area contributed by atoms with E-state index >= 15 is 0 Å². The maximum Gasteiger partial charge on any atom is 0.416 e. The predicted molar refractivity (Wildman–Crippen MR) is 51.3 cm³/mol. The molecule has 4 nitrogen and oxygen atoms in total. The second kappa shape index (κ2) is 4.86. The molecule has 92 valence electrons. The molecule has 0 aliphatic heterocycles. The summed E-state index contributed by atoms with van der Waals surface area (Å²) < 4.78 is 37.1. The molecular weight excluding hydrogens is 239 g/mol. The normalized spacial score (nSPS) is 11.0. The van der Waals surface area contributed by atoms with Crippen LogP contribution in [0.4, 0.5) is 13.2 Å². The third-order valence-corrected chi connectivity index (χ3v) is 2.04. The summed E-state index contributed by atoms with van der Waals surface area (Å²) in [6.45, 7) is -0.136. The number of aromatic carboxylic acids is 1. The Kier molecular flexibility index (Phi) is 3.72. The van der Waals surface area contributed by atoms with Gasteiger partial charge < -0.3 is 10.4 Å². The van der Waals surface area contributed by atoms with Crippen LogP contribution in [0.25, 0.3) is 0 Å². The molecule has 1 aromatic rings. The van der Waals surface area contributed by atoms with Crippen molar-refractivity contribution in [2.24, 2.45) is 0 Å². The molecule has 0 heterocycles. The number of alkyl halides is 3. The molecule has 0 saturated carbocycles. The molecule has 7 heteroatoms. The van der Waals surface area contributed by atoms with Crippen molar-refractivity contribution in [3.05, 3.63) is 34.9 Å². The summed E-state index contributed by atoms with van der Waals surface area (Å²) >= 11 is 0. The molecule has 1 amide bonds. The lowest BCUT2D eigenvalue weighted by Gasteiger charge is -2.10. The third kappa shape index (κ3) is 3.20. The second-order valence-corrected chi connectivity index (χ2v) is 3.17. The highest BCUT2D eigenvalue weighted by Gasteiger charge is 2.31. The molecule has 0 radical (unpaired) electrons. The first-order valence-corrected chi connectivity index (χ1v) is 4.46. The van der Waals surface area contributed by atoms with Crippen molar-refractivity contribution in [1.82, 2.24) is 5.32 Å². The Morgan fingerprint density at radius 1 is 1.41 bits per heavy atom. The van der Waals surface area contributed by atoms with E-state index in [4.69, 9.17) is 5.11 Å². The number of halogens is 3. The minimum absolute atomic E-state index is 0.109. The Hall–Kier alpha value is -2.05. The van der Waals surface area contributed by atoms with Crippen LogP contribution >= 0.6 is 0 Å². The van der Waals surface area contributed by atoms with Gasteiger partial charge in [0.05, 0.1) is 11.1 Å². The number of hydrogen-bond acceptors (Lipinski definition) is 2. The maximum atomic E-state index is 12.4. The molecule has 0 atom stereocenters. The van der Waals surface area contributed by atoms with E-state index in [1.54, 1.807) is 0 Å². The highest BCUT2D eigenvalue weighted by atomic mass is 19.4. The minimum Gasteiger partial charge on any atom is -0.478 e. The van der Waals surface area contributed by atoms with Crippen LogP contribution in [0.15, 0.2) is 18.2 Å². The molecule has 0 saturated heterocycles. The average Bonchev–Trinajstić information content (AvgIpc) is 2.24. The number of nitrogens with one attached hydrogen (secondary N) is 1. The van der Waals surface area contributed by atoms with Crippen LogP contribution in [0, 0.1) is 0 Å². The summed E-state index contributed by atoms with van der Waals surface area (Å²) in [6, 6.07) is 2.35. The lowest BCUT2D eigenvalue weighted by molar-refractivity contribution is -0.137. The molecule has 0 bridgehead atoms. The smallest absolute Gasteiger partial charge is 0.416 e. The monoisotopic (exact) mass is 247 g/mol. The molecule has 0 aliphatic rings. The van der Waals surface area contributed by atoms with Gasteiger partial charge in [-0.15, -0.1) is 0 Å². The van der Waals surface area contributed by atoms with Gasteiger partial charge in [-0.25, -0.2) is 4.79 Å². The van der Waals surface area contributed by atoms with Crippen molar-refractivity contribution >= 4 is 12.4 Å². The first-order valence-electron chi connectivity index (χ1n) is 4.46. The SMILES string of the molecule is O=CNCc1ccc(C(F)(F)F)cc1C(=O)O. The van der Waals surface area contributed by atoms with Gasteiger partial charge >= 0.3 is 12.1 Å². The van der Waals surface area contributed by atoms with E-state index in [2.05, 4.69) is 5.32 Å². The van der Waals surface area contributed by atoms with E-state index in [1.165, 1.54) is 0 Å². The van der Waals surface area contributed by atoms with Crippen LogP contribution in [0.3, 0.4) is 0 Å². The fraction of sp³-hybridized carbons (Fsp3) is 0.200. The number of benzene rings is 1. The molecular formula is C10H8F3NO3. The van der Waals surface area contributed by atoms with E-state index in [1.807, 2.05) is 0 Å². The number of hydrogen-bond donors (Lipinski definition) is 2. The summed E-state index contributed by atoms with van der Waals surface area (Å²) in [5.74, 6) is -1.47. The van der Waals surface area contributed by atoms with Gasteiger partial charge in [0.1, 0.15) is 0 Å². The number of amides is 1. The van der Waals surface area contributed by atoms with Crippen LogP contribution in [-0.4, -0.2) is 17.5 Å². The molecule has 1 rings (SSSR count). The Bertz CT molecular complexity index is 443. The van der Waals surface area contributed by atoms with E-state index in [0.717, 1.165) is 12.1 Å². The van der Waals surface area contributed by atoms with Gasteiger partial charge in [0, 0.05) is 6.54 Å². The molecule has 1 aromatic carbocycles. The number of carbonyl (C=O) groups is 2.